The van der Waals surface area contributed by atoms with Gasteiger partial charge in [-0.25, -0.2) is 4.39 Å². The molecule has 3 nitrogen and oxygen atoms in total. The fraction of sp³-hybridized carbons (Fsp3) is 0.333. The van der Waals surface area contributed by atoms with Crippen molar-refractivity contribution in [3.8, 4) is 5.75 Å². The van der Waals surface area contributed by atoms with Crippen LogP contribution in [0.15, 0.2) is 36.4 Å². The van der Waals surface area contributed by atoms with Gasteiger partial charge in [0.1, 0.15) is 11.6 Å². The van der Waals surface area contributed by atoms with E-state index >= 15 is 0 Å². The van der Waals surface area contributed by atoms with Gasteiger partial charge in [0.05, 0.1) is 12.2 Å². The smallest absolute Gasteiger partial charge is 0.416 e. The number of halogens is 4. The van der Waals surface area contributed by atoms with Crippen molar-refractivity contribution in [3.63, 3.8) is 0 Å². The number of nitrogens with zero attached hydrogens (tertiary/aromatic N) is 1. The first kappa shape index (κ1) is 17.7. The summed E-state index contributed by atoms with van der Waals surface area (Å²) in [5.41, 5.74) is 1.41. The van der Waals surface area contributed by atoms with Gasteiger partial charge in [-0.3, -0.25) is 4.90 Å². The van der Waals surface area contributed by atoms with Gasteiger partial charge in [-0.05, 0) is 36.9 Å². The third-order valence-electron chi connectivity index (χ3n) is 3.93. The number of alkyl halides is 3. The molecular weight excluding hydrogens is 338 g/mol. The molecule has 0 atom stereocenters. The summed E-state index contributed by atoms with van der Waals surface area (Å²) in [4.78, 5) is 1.89. The van der Waals surface area contributed by atoms with E-state index in [0.29, 0.717) is 36.6 Å². The van der Waals surface area contributed by atoms with Crippen molar-refractivity contribution >= 4 is 0 Å². The first-order valence-corrected chi connectivity index (χ1v) is 7.69. The zero-order valence-electron chi connectivity index (χ0n) is 13.6. The van der Waals surface area contributed by atoms with Crippen molar-refractivity contribution < 1.29 is 27.0 Å². The summed E-state index contributed by atoms with van der Waals surface area (Å²) in [6, 6.07) is 7.82. The Morgan fingerprint density at radius 1 is 1.08 bits per heavy atom. The number of rotatable bonds is 4. The van der Waals surface area contributed by atoms with Crippen molar-refractivity contribution in [1.82, 2.24) is 4.90 Å². The SMILES string of the molecule is CN(Cc1ccc(C(F)(F)F)cc1)Cc1cc(F)cc2c1OCOC2. The lowest BCUT2D eigenvalue weighted by atomic mass is 10.1. The Balaban J connectivity index is 1.71. The first-order chi connectivity index (χ1) is 11.8. The van der Waals surface area contributed by atoms with Crippen LogP contribution >= 0.6 is 0 Å². The van der Waals surface area contributed by atoms with Gasteiger partial charge < -0.3 is 9.47 Å². The van der Waals surface area contributed by atoms with Crippen LogP contribution in [0.1, 0.15) is 22.3 Å². The highest BCUT2D eigenvalue weighted by atomic mass is 19.4. The predicted octanol–water partition coefficient (Wildman–Crippen LogP) is 4.34. The Morgan fingerprint density at radius 2 is 1.80 bits per heavy atom. The summed E-state index contributed by atoms with van der Waals surface area (Å²) in [6.45, 7) is 1.25. The summed E-state index contributed by atoms with van der Waals surface area (Å²) >= 11 is 0. The summed E-state index contributed by atoms with van der Waals surface area (Å²) in [7, 11) is 1.81. The van der Waals surface area contributed by atoms with Crippen LogP contribution < -0.4 is 4.74 Å². The van der Waals surface area contributed by atoms with Crippen LogP contribution in [0.5, 0.6) is 5.75 Å². The molecule has 0 N–H and O–H groups in total. The van der Waals surface area contributed by atoms with E-state index in [1.54, 1.807) is 0 Å². The van der Waals surface area contributed by atoms with Crippen LogP contribution in [0.25, 0.3) is 0 Å². The molecule has 0 unspecified atom stereocenters. The minimum Gasteiger partial charge on any atom is -0.467 e. The van der Waals surface area contributed by atoms with E-state index in [2.05, 4.69) is 0 Å². The molecule has 0 amide bonds. The van der Waals surface area contributed by atoms with Gasteiger partial charge in [0.2, 0.25) is 0 Å². The summed E-state index contributed by atoms with van der Waals surface area (Å²) < 4.78 is 62.2. The lowest BCUT2D eigenvalue weighted by Gasteiger charge is -2.24. The molecule has 2 aromatic carbocycles. The standard InChI is InChI=1S/C18H17F4NO2/c1-23(8-12-2-4-15(5-3-12)18(20,21)22)9-13-6-16(19)7-14-10-24-11-25-17(13)14/h2-7H,8-11H2,1H3. The van der Waals surface area contributed by atoms with Crippen molar-refractivity contribution in [2.45, 2.75) is 25.9 Å². The van der Waals surface area contributed by atoms with Gasteiger partial charge in [-0.15, -0.1) is 0 Å². The highest BCUT2D eigenvalue weighted by Crippen LogP contribution is 2.31. The van der Waals surface area contributed by atoms with E-state index in [1.165, 1.54) is 24.3 Å². The van der Waals surface area contributed by atoms with Gasteiger partial charge in [-0.1, -0.05) is 12.1 Å². The molecule has 1 aliphatic heterocycles. The van der Waals surface area contributed by atoms with Gasteiger partial charge in [0.15, 0.2) is 6.79 Å². The molecule has 25 heavy (non-hydrogen) atoms. The molecule has 0 bridgehead atoms. The molecule has 2 aromatic rings. The van der Waals surface area contributed by atoms with Crippen LogP contribution in [-0.4, -0.2) is 18.7 Å². The first-order valence-electron chi connectivity index (χ1n) is 7.69. The fourth-order valence-corrected chi connectivity index (χ4v) is 2.83. The fourth-order valence-electron chi connectivity index (χ4n) is 2.83. The molecule has 0 saturated carbocycles. The zero-order valence-corrected chi connectivity index (χ0v) is 13.6. The maximum absolute atomic E-state index is 13.8. The Morgan fingerprint density at radius 3 is 2.48 bits per heavy atom. The minimum absolute atomic E-state index is 0.119. The average molecular weight is 355 g/mol. The highest BCUT2D eigenvalue weighted by molar-refractivity contribution is 5.42. The summed E-state index contributed by atoms with van der Waals surface area (Å²) in [5, 5.41) is 0. The average Bonchev–Trinajstić information content (AvgIpc) is 2.54. The number of hydrogen-bond donors (Lipinski definition) is 0. The van der Waals surface area contributed by atoms with Crippen molar-refractivity contribution in [2.24, 2.45) is 0 Å². The zero-order chi connectivity index (χ0) is 18.0. The van der Waals surface area contributed by atoms with Crippen LogP contribution in [0, 0.1) is 5.82 Å². The second-order valence-corrected chi connectivity index (χ2v) is 6.03. The molecule has 0 aliphatic carbocycles. The number of fused-ring (bicyclic) bond motifs is 1. The lowest BCUT2D eigenvalue weighted by Crippen LogP contribution is -2.20. The molecule has 134 valence electrons. The monoisotopic (exact) mass is 355 g/mol. The van der Waals surface area contributed by atoms with Crippen molar-refractivity contribution in [1.29, 1.82) is 0 Å². The molecule has 1 aliphatic rings. The molecule has 0 fully saturated rings. The molecule has 0 saturated heterocycles. The molecule has 3 rings (SSSR count). The number of ether oxygens (including phenoxy) is 2. The van der Waals surface area contributed by atoms with Crippen LogP contribution in [0.2, 0.25) is 0 Å². The Hall–Kier alpha value is -2.12. The number of hydrogen-bond acceptors (Lipinski definition) is 3. The number of benzene rings is 2. The Kier molecular flexibility index (Phi) is 4.96. The molecule has 1 heterocycles. The summed E-state index contributed by atoms with van der Waals surface area (Å²) in [5.74, 6) is 0.248. The quantitative estimate of drug-likeness (QED) is 0.762. The minimum atomic E-state index is -4.34. The van der Waals surface area contributed by atoms with Gasteiger partial charge >= 0.3 is 6.18 Å². The Bertz CT molecular complexity index is 744. The van der Waals surface area contributed by atoms with Gasteiger partial charge in [0.25, 0.3) is 0 Å². The molecule has 0 radical (unpaired) electrons. The lowest BCUT2D eigenvalue weighted by molar-refractivity contribution is -0.137. The molecule has 7 heteroatoms. The third-order valence-corrected chi connectivity index (χ3v) is 3.93. The van der Waals surface area contributed by atoms with Gasteiger partial charge in [0, 0.05) is 24.2 Å². The van der Waals surface area contributed by atoms with E-state index in [4.69, 9.17) is 9.47 Å². The van der Waals surface area contributed by atoms with Crippen molar-refractivity contribution in [3.05, 3.63) is 64.5 Å². The molecule has 0 spiro atoms. The van der Waals surface area contributed by atoms with E-state index in [0.717, 1.165) is 17.7 Å². The molecule has 0 aromatic heterocycles. The topological polar surface area (TPSA) is 21.7 Å². The second kappa shape index (κ2) is 7.01. The maximum Gasteiger partial charge on any atom is 0.416 e. The highest BCUT2D eigenvalue weighted by Gasteiger charge is 2.30. The van der Waals surface area contributed by atoms with Crippen LogP contribution in [0.3, 0.4) is 0 Å². The largest absolute Gasteiger partial charge is 0.467 e. The van der Waals surface area contributed by atoms with E-state index < -0.39 is 11.7 Å². The Labute approximate surface area is 142 Å². The third kappa shape index (κ3) is 4.29. The van der Waals surface area contributed by atoms with E-state index in [-0.39, 0.29) is 12.6 Å². The van der Waals surface area contributed by atoms with Gasteiger partial charge in [-0.2, -0.15) is 13.2 Å². The van der Waals surface area contributed by atoms with Crippen LogP contribution in [0.4, 0.5) is 17.6 Å². The van der Waals surface area contributed by atoms with Crippen LogP contribution in [-0.2, 0) is 30.6 Å². The maximum atomic E-state index is 13.8. The molecular formula is C18H17F4NO2. The van der Waals surface area contributed by atoms with Crippen molar-refractivity contribution in [2.75, 3.05) is 13.8 Å². The van der Waals surface area contributed by atoms with E-state index in [1.807, 2.05) is 11.9 Å². The second-order valence-electron chi connectivity index (χ2n) is 6.03. The summed E-state index contributed by atoms with van der Waals surface area (Å²) in [6.07, 6.45) is -4.34. The normalized spacial score (nSPS) is 14.3. The van der Waals surface area contributed by atoms with E-state index in [9.17, 15) is 17.6 Å². The predicted molar refractivity (Wildman–Crippen MR) is 83.3 cm³/mol.